The van der Waals surface area contributed by atoms with E-state index >= 15 is 0 Å². The summed E-state index contributed by atoms with van der Waals surface area (Å²) in [6.45, 7) is 0.532. The molecule has 1 aromatic carbocycles. The van der Waals surface area contributed by atoms with Crippen molar-refractivity contribution in [1.82, 2.24) is 4.31 Å². The Kier molecular flexibility index (Phi) is 4.73. The topological polar surface area (TPSA) is 80.5 Å². The van der Waals surface area contributed by atoms with Crippen LogP contribution in [0, 0.1) is 5.92 Å². The lowest BCUT2D eigenvalue weighted by atomic mass is 9.99. The summed E-state index contributed by atoms with van der Waals surface area (Å²) in [5.74, 6) is -0.878. The van der Waals surface area contributed by atoms with Crippen LogP contribution in [0.1, 0.15) is 12.8 Å². The van der Waals surface area contributed by atoms with Crippen LogP contribution in [-0.4, -0.2) is 31.7 Å². The molecule has 1 saturated heterocycles. The fourth-order valence-corrected chi connectivity index (χ4v) is 4.38. The molecule has 8 heteroatoms. The van der Waals surface area contributed by atoms with Crippen molar-refractivity contribution in [3.63, 3.8) is 0 Å². The van der Waals surface area contributed by atoms with E-state index in [-0.39, 0.29) is 11.4 Å². The number of benzene rings is 1. The normalized spacial score (nSPS) is 20.8. The van der Waals surface area contributed by atoms with E-state index in [4.69, 9.17) is 17.3 Å². The van der Waals surface area contributed by atoms with Crippen molar-refractivity contribution < 1.29 is 13.2 Å². The number of primary amides is 1. The number of halogens is 2. The molecule has 1 amide bonds. The van der Waals surface area contributed by atoms with Crippen molar-refractivity contribution in [1.29, 1.82) is 0 Å². The van der Waals surface area contributed by atoms with Gasteiger partial charge in [-0.2, -0.15) is 4.31 Å². The Hall–Kier alpha value is -0.630. The zero-order valence-corrected chi connectivity index (χ0v) is 13.7. The zero-order chi connectivity index (χ0) is 14.9. The van der Waals surface area contributed by atoms with Crippen LogP contribution < -0.4 is 5.73 Å². The highest BCUT2D eigenvalue weighted by Crippen LogP contribution is 2.29. The minimum absolute atomic E-state index is 0.137. The van der Waals surface area contributed by atoms with Crippen LogP contribution in [-0.2, 0) is 14.8 Å². The molecule has 1 aliphatic rings. The molecular formula is C12H14BrClN2O3S. The van der Waals surface area contributed by atoms with E-state index in [1.54, 1.807) is 0 Å². The molecule has 0 aliphatic carbocycles. The summed E-state index contributed by atoms with van der Waals surface area (Å²) in [6, 6.07) is 4.44. The molecule has 5 nitrogen and oxygen atoms in total. The van der Waals surface area contributed by atoms with Gasteiger partial charge in [0.1, 0.15) is 0 Å². The van der Waals surface area contributed by atoms with Crippen LogP contribution >= 0.6 is 27.5 Å². The van der Waals surface area contributed by atoms with E-state index in [9.17, 15) is 13.2 Å². The van der Waals surface area contributed by atoms with Gasteiger partial charge in [-0.25, -0.2) is 8.42 Å². The average molecular weight is 382 g/mol. The molecule has 110 valence electrons. The number of carbonyl (C=O) groups is 1. The van der Waals surface area contributed by atoms with Crippen molar-refractivity contribution in [3.05, 3.63) is 27.7 Å². The van der Waals surface area contributed by atoms with Gasteiger partial charge in [0, 0.05) is 17.6 Å². The SMILES string of the molecule is NC(=O)C1CCCN(S(=O)(=O)c2ccc(Cl)c(Br)c2)C1. The van der Waals surface area contributed by atoms with Gasteiger partial charge in [0.05, 0.1) is 15.8 Å². The van der Waals surface area contributed by atoms with Crippen LogP contribution in [0.2, 0.25) is 5.02 Å². The summed E-state index contributed by atoms with van der Waals surface area (Å²) in [7, 11) is -3.63. The molecule has 0 saturated carbocycles. The van der Waals surface area contributed by atoms with Crippen LogP contribution in [0.5, 0.6) is 0 Å². The maximum atomic E-state index is 12.5. The monoisotopic (exact) mass is 380 g/mol. The molecule has 1 atom stereocenters. The van der Waals surface area contributed by atoms with Gasteiger partial charge in [-0.1, -0.05) is 11.6 Å². The van der Waals surface area contributed by atoms with Crippen LogP contribution in [0.25, 0.3) is 0 Å². The van der Waals surface area contributed by atoms with Gasteiger partial charge < -0.3 is 5.73 Å². The van der Waals surface area contributed by atoms with Gasteiger partial charge in [0.2, 0.25) is 15.9 Å². The van der Waals surface area contributed by atoms with Gasteiger partial charge >= 0.3 is 0 Å². The number of rotatable bonds is 3. The maximum absolute atomic E-state index is 12.5. The van der Waals surface area contributed by atoms with E-state index in [1.807, 2.05) is 0 Å². The minimum atomic E-state index is -3.63. The lowest BCUT2D eigenvalue weighted by Crippen LogP contribution is -2.44. The average Bonchev–Trinajstić information content (AvgIpc) is 2.42. The molecule has 1 aliphatic heterocycles. The van der Waals surface area contributed by atoms with E-state index in [2.05, 4.69) is 15.9 Å². The van der Waals surface area contributed by atoms with Crippen molar-refractivity contribution in [3.8, 4) is 0 Å². The highest BCUT2D eigenvalue weighted by Gasteiger charge is 2.32. The third-order valence-electron chi connectivity index (χ3n) is 3.32. The second-order valence-corrected chi connectivity index (χ2v) is 7.88. The Balaban J connectivity index is 2.29. The molecule has 0 radical (unpaired) electrons. The predicted molar refractivity (Wildman–Crippen MR) is 79.8 cm³/mol. The predicted octanol–water partition coefficient (Wildman–Crippen LogP) is 1.99. The number of sulfonamides is 1. The molecule has 1 unspecified atom stereocenters. The fourth-order valence-electron chi connectivity index (χ4n) is 2.18. The number of amides is 1. The highest BCUT2D eigenvalue weighted by molar-refractivity contribution is 9.10. The summed E-state index contributed by atoms with van der Waals surface area (Å²) in [5, 5.41) is 0.442. The highest BCUT2D eigenvalue weighted by atomic mass is 79.9. The zero-order valence-electron chi connectivity index (χ0n) is 10.6. The summed E-state index contributed by atoms with van der Waals surface area (Å²) in [6.07, 6.45) is 1.26. The van der Waals surface area contributed by atoms with E-state index in [0.29, 0.717) is 28.9 Å². The Morgan fingerprint density at radius 3 is 2.75 bits per heavy atom. The standard InChI is InChI=1S/C12H14BrClN2O3S/c13-10-6-9(3-4-11(10)14)20(18,19)16-5-1-2-8(7-16)12(15)17/h3-4,6,8H,1-2,5,7H2,(H2,15,17). The minimum Gasteiger partial charge on any atom is -0.369 e. The molecule has 2 N–H and O–H groups in total. The van der Waals surface area contributed by atoms with Crippen LogP contribution in [0.3, 0.4) is 0 Å². The van der Waals surface area contributed by atoms with Crippen molar-refractivity contribution in [2.45, 2.75) is 17.7 Å². The number of carbonyl (C=O) groups excluding carboxylic acids is 1. The second-order valence-electron chi connectivity index (χ2n) is 4.68. The maximum Gasteiger partial charge on any atom is 0.243 e. The number of nitrogens with zero attached hydrogens (tertiary/aromatic N) is 1. The smallest absolute Gasteiger partial charge is 0.243 e. The van der Waals surface area contributed by atoms with Crippen molar-refractivity contribution >= 4 is 43.5 Å². The first-order valence-corrected chi connectivity index (χ1v) is 8.68. The van der Waals surface area contributed by atoms with Gasteiger partial charge in [0.15, 0.2) is 0 Å². The lowest BCUT2D eigenvalue weighted by Gasteiger charge is -2.30. The van der Waals surface area contributed by atoms with Gasteiger partial charge in [-0.3, -0.25) is 4.79 Å². The Morgan fingerprint density at radius 1 is 1.45 bits per heavy atom. The second kappa shape index (κ2) is 6.01. The largest absolute Gasteiger partial charge is 0.369 e. The Bertz CT molecular complexity index is 636. The third kappa shape index (κ3) is 3.16. The quantitative estimate of drug-likeness (QED) is 0.869. The van der Waals surface area contributed by atoms with Crippen molar-refractivity contribution in [2.75, 3.05) is 13.1 Å². The molecule has 0 aromatic heterocycles. The van der Waals surface area contributed by atoms with Gasteiger partial charge in [0.25, 0.3) is 0 Å². The Morgan fingerprint density at radius 2 is 2.15 bits per heavy atom. The summed E-state index contributed by atoms with van der Waals surface area (Å²) >= 11 is 9.07. The first kappa shape index (κ1) is 15.8. The van der Waals surface area contributed by atoms with Gasteiger partial charge in [-0.05, 0) is 47.0 Å². The first-order chi connectivity index (χ1) is 9.32. The molecule has 0 bridgehead atoms. The molecule has 1 fully saturated rings. The number of piperidine rings is 1. The Labute approximate surface area is 131 Å². The molecule has 20 heavy (non-hydrogen) atoms. The molecule has 2 rings (SSSR count). The van der Waals surface area contributed by atoms with E-state index < -0.39 is 21.8 Å². The van der Waals surface area contributed by atoms with Crippen LogP contribution in [0.4, 0.5) is 0 Å². The first-order valence-electron chi connectivity index (χ1n) is 6.07. The number of nitrogens with two attached hydrogens (primary N) is 1. The van der Waals surface area contributed by atoms with E-state index in [1.165, 1.54) is 22.5 Å². The molecule has 1 aromatic rings. The summed E-state index contributed by atoms with van der Waals surface area (Å²) in [5.41, 5.74) is 5.27. The molecule has 0 spiro atoms. The third-order valence-corrected chi connectivity index (χ3v) is 6.39. The van der Waals surface area contributed by atoms with Crippen LogP contribution in [0.15, 0.2) is 27.6 Å². The fraction of sp³-hybridized carbons (Fsp3) is 0.417. The summed E-state index contributed by atoms with van der Waals surface area (Å²) in [4.78, 5) is 11.4. The summed E-state index contributed by atoms with van der Waals surface area (Å²) < 4.78 is 26.9. The van der Waals surface area contributed by atoms with Crippen molar-refractivity contribution in [2.24, 2.45) is 11.7 Å². The number of hydrogen-bond acceptors (Lipinski definition) is 3. The lowest BCUT2D eigenvalue weighted by molar-refractivity contribution is -0.122. The number of hydrogen-bond donors (Lipinski definition) is 1. The molecule has 1 heterocycles. The van der Waals surface area contributed by atoms with E-state index in [0.717, 1.165) is 0 Å². The molecular weight excluding hydrogens is 368 g/mol. The van der Waals surface area contributed by atoms with Gasteiger partial charge in [-0.15, -0.1) is 0 Å².